The topological polar surface area (TPSA) is 81.3 Å². The minimum atomic E-state index is -0.625. The van der Waals surface area contributed by atoms with E-state index < -0.39 is 11.8 Å². The number of rotatable bonds is 5. The summed E-state index contributed by atoms with van der Waals surface area (Å²) in [6.07, 6.45) is 2.90. The molecule has 184 valence electrons. The molecule has 2 aromatic heterocycles. The highest BCUT2D eigenvalue weighted by atomic mass is 19.1. The van der Waals surface area contributed by atoms with Gasteiger partial charge >= 0.3 is 0 Å². The van der Waals surface area contributed by atoms with E-state index in [2.05, 4.69) is 20.2 Å². The van der Waals surface area contributed by atoms with Gasteiger partial charge in [0.1, 0.15) is 11.5 Å². The van der Waals surface area contributed by atoms with Crippen LogP contribution in [0.15, 0.2) is 41.2 Å². The van der Waals surface area contributed by atoms with E-state index in [0.29, 0.717) is 36.7 Å². The summed E-state index contributed by atoms with van der Waals surface area (Å²) in [4.78, 5) is 35.6. The second kappa shape index (κ2) is 9.73. The number of aromatic amines is 1. The molecule has 2 aliphatic rings. The first-order chi connectivity index (χ1) is 16.9. The van der Waals surface area contributed by atoms with Gasteiger partial charge in [-0.3, -0.25) is 14.5 Å². The fourth-order valence-electron chi connectivity index (χ4n) is 5.46. The SMILES string of the molecule is CCNC(=O)c1ccc(N2CCN([C@H]3CC[C@@H](c4cc5cccc(F)c5c(=O)[nH]4)C3)CC2)c(F)n1. The van der Waals surface area contributed by atoms with Gasteiger partial charge in [-0.25, -0.2) is 9.37 Å². The molecule has 35 heavy (non-hydrogen) atoms. The zero-order chi connectivity index (χ0) is 24.5. The summed E-state index contributed by atoms with van der Waals surface area (Å²) in [6, 6.07) is 10.2. The Morgan fingerprint density at radius 2 is 1.94 bits per heavy atom. The number of anilines is 1. The van der Waals surface area contributed by atoms with Crippen LogP contribution in [0.4, 0.5) is 14.5 Å². The number of nitrogens with one attached hydrogen (secondary N) is 2. The molecular weight excluding hydrogens is 452 g/mol. The number of carbonyl (C=O) groups is 1. The van der Waals surface area contributed by atoms with E-state index in [4.69, 9.17) is 0 Å². The maximum Gasteiger partial charge on any atom is 0.269 e. The van der Waals surface area contributed by atoms with Crippen molar-refractivity contribution >= 4 is 22.4 Å². The average molecular weight is 482 g/mol. The summed E-state index contributed by atoms with van der Waals surface area (Å²) < 4.78 is 28.7. The van der Waals surface area contributed by atoms with Crippen LogP contribution < -0.4 is 15.8 Å². The molecule has 9 heteroatoms. The highest BCUT2D eigenvalue weighted by molar-refractivity contribution is 5.92. The number of aromatic nitrogens is 2. The summed E-state index contributed by atoms with van der Waals surface area (Å²) in [6.45, 7) is 5.21. The normalized spacial score (nSPS) is 20.9. The van der Waals surface area contributed by atoms with Gasteiger partial charge in [-0.15, -0.1) is 0 Å². The number of hydrogen-bond acceptors (Lipinski definition) is 5. The second-order valence-electron chi connectivity index (χ2n) is 9.31. The summed E-state index contributed by atoms with van der Waals surface area (Å²) in [5, 5.41) is 3.38. The van der Waals surface area contributed by atoms with Crippen molar-refractivity contribution in [1.82, 2.24) is 20.2 Å². The van der Waals surface area contributed by atoms with Crippen molar-refractivity contribution in [3.8, 4) is 0 Å². The predicted octanol–water partition coefficient (Wildman–Crippen LogP) is 3.41. The van der Waals surface area contributed by atoms with Gasteiger partial charge in [0.25, 0.3) is 11.5 Å². The lowest BCUT2D eigenvalue weighted by atomic mass is 10.00. The van der Waals surface area contributed by atoms with Crippen LogP contribution in [0.2, 0.25) is 0 Å². The van der Waals surface area contributed by atoms with Crippen molar-refractivity contribution in [3.63, 3.8) is 0 Å². The molecule has 3 heterocycles. The van der Waals surface area contributed by atoms with E-state index in [9.17, 15) is 18.4 Å². The summed E-state index contributed by atoms with van der Waals surface area (Å²) >= 11 is 0. The molecular formula is C26H29F2N5O2. The molecule has 2 N–H and O–H groups in total. The molecule has 1 aromatic carbocycles. The van der Waals surface area contributed by atoms with Gasteiger partial charge in [-0.1, -0.05) is 12.1 Å². The molecule has 1 amide bonds. The van der Waals surface area contributed by atoms with Crippen LogP contribution in [-0.2, 0) is 0 Å². The molecule has 7 nitrogen and oxygen atoms in total. The Balaban J connectivity index is 1.22. The average Bonchev–Trinajstić information content (AvgIpc) is 3.35. The monoisotopic (exact) mass is 481 g/mol. The lowest BCUT2D eigenvalue weighted by Crippen LogP contribution is -2.50. The number of halogens is 2. The van der Waals surface area contributed by atoms with Gasteiger partial charge in [0.2, 0.25) is 5.95 Å². The van der Waals surface area contributed by atoms with Crippen LogP contribution in [-0.4, -0.2) is 59.5 Å². The summed E-state index contributed by atoms with van der Waals surface area (Å²) in [5.41, 5.74) is 0.997. The molecule has 1 saturated carbocycles. The molecule has 3 aromatic rings. The molecule has 0 bridgehead atoms. The molecule has 5 rings (SSSR count). The number of benzene rings is 1. The third-order valence-electron chi connectivity index (χ3n) is 7.26. The van der Waals surface area contributed by atoms with Crippen LogP contribution in [0.1, 0.15) is 48.3 Å². The first kappa shape index (κ1) is 23.4. The van der Waals surface area contributed by atoms with E-state index >= 15 is 0 Å². The number of hydrogen-bond donors (Lipinski definition) is 2. The van der Waals surface area contributed by atoms with Crippen molar-refractivity contribution in [2.24, 2.45) is 0 Å². The quantitative estimate of drug-likeness (QED) is 0.546. The van der Waals surface area contributed by atoms with Crippen LogP contribution in [0, 0.1) is 11.8 Å². The molecule has 1 aliphatic heterocycles. The fourth-order valence-corrected chi connectivity index (χ4v) is 5.46. The Hall–Kier alpha value is -3.33. The van der Waals surface area contributed by atoms with Gasteiger partial charge in [0, 0.05) is 50.4 Å². The van der Waals surface area contributed by atoms with Gasteiger partial charge in [-0.2, -0.15) is 4.39 Å². The molecule has 0 unspecified atom stereocenters. The molecule has 1 aliphatic carbocycles. The molecule has 1 saturated heterocycles. The van der Waals surface area contributed by atoms with Crippen molar-refractivity contribution < 1.29 is 13.6 Å². The lowest BCUT2D eigenvalue weighted by molar-refractivity contribution is 0.0949. The van der Waals surface area contributed by atoms with E-state index in [1.165, 1.54) is 6.07 Å². The molecule has 0 spiro atoms. The zero-order valence-electron chi connectivity index (χ0n) is 19.7. The van der Waals surface area contributed by atoms with E-state index in [1.54, 1.807) is 31.2 Å². The zero-order valence-corrected chi connectivity index (χ0v) is 19.7. The van der Waals surface area contributed by atoms with Gasteiger partial charge in [0.15, 0.2) is 0 Å². The smallest absolute Gasteiger partial charge is 0.269 e. The minimum Gasteiger partial charge on any atom is -0.365 e. The number of nitrogens with zero attached hydrogens (tertiary/aromatic N) is 3. The van der Waals surface area contributed by atoms with Crippen molar-refractivity contribution in [2.75, 3.05) is 37.6 Å². The Morgan fingerprint density at radius 1 is 1.14 bits per heavy atom. The number of fused-ring (bicyclic) bond motifs is 1. The Bertz CT molecular complexity index is 1300. The van der Waals surface area contributed by atoms with E-state index in [-0.39, 0.29) is 28.5 Å². The highest BCUT2D eigenvalue weighted by Gasteiger charge is 2.33. The number of amides is 1. The predicted molar refractivity (Wildman–Crippen MR) is 131 cm³/mol. The first-order valence-corrected chi connectivity index (χ1v) is 12.2. The number of piperazine rings is 1. The van der Waals surface area contributed by atoms with Crippen molar-refractivity contribution in [1.29, 1.82) is 0 Å². The first-order valence-electron chi connectivity index (χ1n) is 12.2. The van der Waals surface area contributed by atoms with Gasteiger partial charge < -0.3 is 15.2 Å². The second-order valence-corrected chi connectivity index (χ2v) is 9.31. The third kappa shape index (κ3) is 4.65. The van der Waals surface area contributed by atoms with Gasteiger partial charge in [-0.05, 0) is 55.8 Å². The molecule has 2 fully saturated rings. The standard InChI is InChI=1S/C26H29F2N5O2/c1-2-29-25(34)20-8-9-22(24(28)30-20)33-12-10-32(11-13-33)18-7-6-16(14-18)21-15-17-4-3-5-19(27)23(17)26(35)31-21/h3-5,8-9,15-16,18H,2,6-7,10-14H2,1H3,(H,29,34)(H,31,35)/t16-,18+/m1/s1. The Kier molecular flexibility index (Phi) is 6.51. The number of carbonyl (C=O) groups excluding carboxylic acids is 1. The summed E-state index contributed by atoms with van der Waals surface area (Å²) in [5.74, 6) is -1.28. The fraction of sp³-hybridized carbons (Fsp3) is 0.423. The van der Waals surface area contributed by atoms with E-state index in [1.807, 2.05) is 11.0 Å². The van der Waals surface area contributed by atoms with Crippen molar-refractivity contribution in [3.05, 3.63) is 69.9 Å². The maximum atomic E-state index is 14.6. The van der Waals surface area contributed by atoms with Gasteiger partial charge in [0.05, 0.1) is 11.1 Å². The molecule has 2 atom stereocenters. The maximum absolute atomic E-state index is 14.6. The lowest BCUT2D eigenvalue weighted by Gasteiger charge is -2.39. The van der Waals surface area contributed by atoms with E-state index in [0.717, 1.165) is 38.0 Å². The highest BCUT2D eigenvalue weighted by Crippen LogP contribution is 2.37. The summed E-state index contributed by atoms with van der Waals surface area (Å²) in [7, 11) is 0. The minimum absolute atomic E-state index is 0.0817. The van der Waals surface area contributed by atoms with Crippen LogP contribution >= 0.6 is 0 Å². The molecule has 0 radical (unpaired) electrons. The largest absolute Gasteiger partial charge is 0.365 e. The third-order valence-corrected chi connectivity index (χ3v) is 7.26. The number of H-pyrrole nitrogens is 1. The number of pyridine rings is 2. The van der Waals surface area contributed by atoms with Crippen LogP contribution in [0.3, 0.4) is 0 Å². The van der Waals surface area contributed by atoms with Crippen LogP contribution in [0.5, 0.6) is 0 Å². The van der Waals surface area contributed by atoms with Crippen molar-refractivity contribution in [2.45, 2.75) is 38.1 Å². The Labute approximate surface area is 202 Å². The Morgan fingerprint density at radius 3 is 2.69 bits per heavy atom. The van der Waals surface area contributed by atoms with Crippen LogP contribution in [0.25, 0.3) is 10.8 Å².